The van der Waals surface area contributed by atoms with Gasteiger partial charge in [-0.25, -0.2) is 0 Å². The fourth-order valence-electron chi connectivity index (χ4n) is 1.58. The molecule has 0 aromatic carbocycles. The van der Waals surface area contributed by atoms with Crippen LogP contribution in [0, 0.1) is 5.92 Å². The van der Waals surface area contributed by atoms with Crippen molar-refractivity contribution in [2.75, 3.05) is 13.2 Å². The van der Waals surface area contributed by atoms with Crippen molar-refractivity contribution in [3.05, 3.63) is 0 Å². The normalized spacial score (nSPS) is 22.9. The molecule has 0 bridgehead atoms. The number of rotatable bonds is 5. The minimum atomic E-state index is 0.397. The van der Waals surface area contributed by atoms with Crippen LogP contribution < -0.4 is 0 Å². The zero-order valence-electron chi connectivity index (χ0n) is 7.84. The van der Waals surface area contributed by atoms with Gasteiger partial charge < -0.3 is 4.74 Å². The van der Waals surface area contributed by atoms with Crippen LogP contribution in [0.3, 0.4) is 0 Å². The summed E-state index contributed by atoms with van der Waals surface area (Å²) in [5.74, 6) is 1.13. The monoisotopic (exact) mass is 170 g/mol. The lowest BCUT2D eigenvalue weighted by Gasteiger charge is -2.05. The van der Waals surface area contributed by atoms with Gasteiger partial charge in [0.25, 0.3) is 0 Å². The Balaban J connectivity index is 1.97. The van der Waals surface area contributed by atoms with Gasteiger partial charge in [-0.15, -0.1) is 0 Å². The lowest BCUT2D eigenvalue weighted by Crippen LogP contribution is -2.01. The first kappa shape index (κ1) is 9.72. The summed E-state index contributed by atoms with van der Waals surface area (Å²) >= 11 is 0. The van der Waals surface area contributed by atoms with E-state index in [1.165, 1.54) is 12.8 Å². The Morgan fingerprint density at radius 3 is 3.00 bits per heavy atom. The molecule has 0 spiro atoms. The van der Waals surface area contributed by atoms with Crippen LogP contribution in [-0.4, -0.2) is 19.0 Å². The molecule has 12 heavy (non-hydrogen) atoms. The van der Waals surface area contributed by atoms with Crippen LogP contribution >= 0.6 is 0 Å². The number of carbonyl (C=O) groups excluding carboxylic acids is 1. The summed E-state index contributed by atoms with van der Waals surface area (Å²) in [5.41, 5.74) is 0. The summed E-state index contributed by atoms with van der Waals surface area (Å²) in [6.07, 6.45) is 4.89. The van der Waals surface area contributed by atoms with Crippen LogP contribution in [-0.2, 0) is 9.53 Å². The second-order valence-electron chi connectivity index (χ2n) is 3.51. The molecule has 1 saturated heterocycles. The molecule has 0 aliphatic carbocycles. The van der Waals surface area contributed by atoms with Gasteiger partial charge in [-0.2, -0.15) is 0 Å². The van der Waals surface area contributed by atoms with E-state index in [0.29, 0.717) is 12.2 Å². The van der Waals surface area contributed by atoms with Gasteiger partial charge in [0.15, 0.2) is 0 Å². The third-order valence-corrected chi connectivity index (χ3v) is 2.49. The molecule has 0 amide bonds. The average Bonchev–Trinajstić information content (AvgIpc) is 2.57. The SMILES string of the molecule is CCC(=O)CCCC1CCOC1. The number of ether oxygens (including phenoxy) is 1. The highest BCUT2D eigenvalue weighted by atomic mass is 16.5. The fourth-order valence-corrected chi connectivity index (χ4v) is 1.58. The van der Waals surface area contributed by atoms with Crippen molar-refractivity contribution in [2.24, 2.45) is 5.92 Å². The second-order valence-corrected chi connectivity index (χ2v) is 3.51. The predicted octanol–water partition coefficient (Wildman–Crippen LogP) is 2.17. The van der Waals surface area contributed by atoms with E-state index in [4.69, 9.17) is 4.74 Å². The summed E-state index contributed by atoms with van der Waals surface area (Å²) in [6.45, 7) is 3.77. The largest absolute Gasteiger partial charge is 0.381 e. The summed E-state index contributed by atoms with van der Waals surface area (Å²) in [4.78, 5) is 11.0. The van der Waals surface area contributed by atoms with E-state index in [-0.39, 0.29) is 0 Å². The molecule has 2 heteroatoms. The molecule has 2 nitrogen and oxygen atoms in total. The van der Waals surface area contributed by atoms with E-state index in [1.54, 1.807) is 0 Å². The van der Waals surface area contributed by atoms with Crippen molar-refractivity contribution in [2.45, 2.75) is 39.0 Å². The Labute approximate surface area is 74.3 Å². The highest BCUT2D eigenvalue weighted by Crippen LogP contribution is 2.18. The van der Waals surface area contributed by atoms with Crippen molar-refractivity contribution in [1.29, 1.82) is 0 Å². The van der Waals surface area contributed by atoms with Gasteiger partial charge in [-0.1, -0.05) is 6.92 Å². The van der Waals surface area contributed by atoms with Gasteiger partial charge in [0.05, 0.1) is 0 Å². The molecule has 1 fully saturated rings. The Morgan fingerprint density at radius 2 is 2.42 bits per heavy atom. The highest BCUT2D eigenvalue weighted by molar-refractivity contribution is 5.77. The Kier molecular flexibility index (Phi) is 4.30. The zero-order valence-corrected chi connectivity index (χ0v) is 7.84. The molecule has 1 heterocycles. The minimum absolute atomic E-state index is 0.397. The molecule has 0 radical (unpaired) electrons. The van der Waals surface area contributed by atoms with Gasteiger partial charge in [0, 0.05) is 26.1 Å². The number of hydrogen-bond acceptors (Lipinski definition) is 2. The van der Waals surface area contributed by atoms with E-state index < -0.39 is 0 Å². The molecule has 1 aliphatic heterocycles. The second kappa shape index (κ2) is 5.31. The third-order valence-electron chi connectivity index (χ3n) is 2.49. The van der Waals surface area contributed by atoms with Gasteiger partial charge in [0.1, 0.15) is 5.78 Å². The number of Topliss-reactive ketones (excluding diaryl/α,β-unsaturated/α-hetero) is 1. The summed E-state index contributed by atoms with van der Waals surface area (Å²) in [7, 11) is 0. The minimum Gasteiger partial charge on any atom is -0.381 e. The van der Waals surface area contributed by atoms with Crippen LogP contribution in [0.15, 0.2) is 0 Å². The quantitative estimate of drug-likeness (QED) is 0.632. The maximum atomic E-state index is 11.0. The van der Waals surface area contributed by atoms with Crippen LogP contribution in [0.5, 0.6) is 0 Å². The highest BCUT2D eigenvalue weighted by Gasteiger charge is 2.14. The first-order chi connectivity index (χ1) is 5.83. The molecule has 1 atom stereocenters. The molecule has 0 aromatic heterocycles. The van der Waals surface area contributed by atoms with E-state index in [9.17, 15) is 4.79 Å². The molecule has 0 saturated carbocycles. The molecule has 70 valence electrons. The van der Waals surface area contributed by atoms with Gasteiger partial charge in [0.2, 0.25) is 0 Å². The maximum absolute atomic E-state index is 11.0. The number of hydrogen-bond donors (Lipinski definition) is 0. The average molecular weight is 170 g/mol. The van der Waals surface area contributed by atoms with Crippen LogP contribution in [0.1, 0.15) is 39.0 Å². The lowest BCUT2D eigenvalue weighted by molar-refractivity contribution is -0.118. The molecule has 0 aromatic rings. The van der Waals surface area contributed by atoms with E-state index in [0.717, 1.165) is 32.0 Å². The Hall–Kier alpha value is -0.370. The topological polar surface area (TPSA) is 26.3 Å². The standard InChI is InChI=1S/C10H18O2/c1-2-10(11)5-3-4-9-6-7-12-8-9/h9H,2-8H2,1H3. The summed E-state index contributed by atoms with van der Waals surface area (Å²) < 4.78 is 5.26. The summed E-state index contributed by atoms with van der Waals surface area (Å²) in [6, 6.07) is 0. The molecule has 1 unspecified atom stereocenters. The number of carbonyl (C=O) groups is 1. The number of ketones is 1. The third kappa shape index (κ3) is 3.35. The smallest absolute Gasteiger partial charge is 0.132 e. The Morgan fingerprint density at radius 1 is 1.58 bits per heavy atom. The first-order valence-corrected chi connectivity index (χ1v) is 4.92. The van der Waals surface area contributed by atoms with Crippen LogP contribution in [0.2, 0.25) is 0 Å². The van der Waals surface area contributed by atoms with Crippen molar-refractivity contribution < 1.29 is 9.53 Å². The van der Waals surface area contributed by atoms with Crippen molar-refractivity contribution in [3.63, 3.8) is 0 Å². The molecular formula is C10H18O2. The molecular weight excluding hydrogens is 152 g/mol. The van der Waals surface area contributed by atoms with Gasteiger partial charge in [-0.05, 0) is 25.2 Å². The van der Waals surface area contributed by atoms with Crippen LogP contribution in [0.25, 0.3) is 0 Å². The van der Waals surface area contributed by atoms with Crippen molar-refractivity contribution in [3.8, 4) is 0 Å². The zero-order chi connectivity index (χ0) is 8.81. The molecule has 0 N–H and O–H groups in total. The summed E-state index contributed by atoms with van der Waals surface area (Å²) in [5, 5.41) is 0. The fraction of sp³-hybridized carbons (Fsp3) is 0.900. The lowest BCUT2D eigenvalue weighted by atomic mass is 10.00. The van der Waals surface area contributed by atoms with E-state index in [2.05, 4.69) is 0 Å². The van der Waals surface area contributed by atoms with E-state index >= 15 is 0 Å². The molecule has 1 rings (SSSR count). The van der Waals surface area contributed by atoms with Gasteiger partial charge in [-0.3, -0.25) is 4.79 Å². The van der Waals surface area contributed by atoms with Crippen molar-refractivity contribution in [1.82, 2.24) is 0 Å². The van der Waals surface area contributed by atoms with Crippen molar-refractivity contribution >= 4 is 5.78 Å². The van der Waals surface area contributed by atoms with Gasteiger partial charge >= 0.3 is 0 Å². The van der Waals surface area contributed by atoms with Crippen LogP contribution in [0.4, 0.5) is 0 Å². The first-order valence-electron chi connectivity index (χ1n) is 4.92. The Bertz CT molecular complexity index is 137. The maximum Gasteiger partial charge on any atom is 0.132 e. The van der Waals surface area contributed by atoms with E-state index in [1.807, 2.05) is 6.92 Å². The molecule has 1 aliphatic rings. The predicted molar refractivity (Wildman–Crippen MR) is 48.1 cm³/mol.